The van der Waals surface area contributed by atoms with Crippen LogP contribution in [0.25, 0.3) is 0 Å². The largest absolute Gasteiger partial charge is 0.476 e. The Morgan fingerprint density at radius 1 is 1.45 bits per heavy atom. The maximum Gasteiger partial charge on any atom is 0.356 e. The molecule has 0 saturated carbocycles. The first kappa shape index (κ1) is 14.0. The van der Waals surface area contributed by atoms with Crippen LogP contribution >= 0.6 is 11.3 Å². The molecule has 0 aliphatic heterocycles. The minimum Gasteiger partial charge on any atom is -0.476 e. The van der Waals surface area contributed by atoms with Crippen molar-refractivity contribution in [2.75, 3.05) is 4.72 Å². The average Bonchev–Trinajstić information content (AvgIpc) is 2.88. The number of nitrogens with one attached hydrogen (secondary N) is 1. The highest BCUT2D eigenvalue weighted by Gasteiger charge is 2.25. The Morgan fingerprint density at radius 3 is 2.85 bits per heavy atom. The molecule has 1 heterocycles. The zero-order chi connectivity index (χ0) is 14.8. The fourth-order valence-corrected chi connectivity index (χ4v) is 3.63. The van der Waals surface area contributed by atoms with Crippen LogP contribution < -0.4 is 4.72 Å². The van der Waals surface area contributed by atoms with Gasteiger partial charge in [0.1, 0.15) is 0 Å². The molecule has 2 N–H and O–H groups in total. The Balaban J connectivity index is 2.39. The molecule has 0 amide bonds. The lowest BCUT2D eigenvalue weighted by molar-refractivity contribution is 0.0687. The highest BCUT2D eigenvalue weighted by molar-refractivity contribution is 7.94. The molecular weight excluding hydrogens is 300 g/mol. The van der Waals surface area contributed by atoms with Gasteiger partial charge in [0.2, 0.25) is 0 Å². The van der Waals surface area contributed by atoms with Crippen LogP contribution in [0.4, 0.5) is 5.69 Å². The quantitative estimate of drug-likeness (QED) is 0.837. The maximum atomic E-state index is 12.1. The number of aromatic carboxylic acids is 1. The van der Waals surface area contributed by atoms with E-state index >= 15 is 0 Å². The Hall–Kier alpha value is -2.37. The second-order valence-electron chi connectivity index (χ2n) is 3.62. The molecule has 8 heteroatoms. The molecule has 102 valence electrons. The lowest BCUT2D eigenvalue weighted by atomic mass is 10.2. The highest BCUT2D eigenvalue weighted by Crippen LogP contribution is 2.23. The summed E-state index contributed by atoms with van der Waals surface area (Å²) in [6, 6.07) is 6.23. The number of hydrogen-bond donors (Lipinski definition) is 2. The summed E-state index contributed by atoms with van der Waals surface area (Å²) in [6.07, 6.45) is 5.23. The van der Waals surface area contributed by atoms with E-state index in [1.54, 1.807) is 12.1 Å². The van der Waals surface area contributed by atoms with E-state index in [-0.39, 0.29) is 9.90 Å². The molecule has 0 radical (unpaired) electrons. The van der Waals surface area contributed by atoms with Crippen molar-refractivity contribution in [1.29, 1.82) is 0 Å². The second-order valence-corrected chi connectivity index (χ2v) is 6.36. The predicted molar refractivity (Wildman–Crippen MR) is 74.3 cm³/mol. The van der Waals surface area contributed by atoms with Gasteiger partial charge in [-0.1, -0.05) is 12.0 Å². The van der Waals surface area contributed by atoms with E-state index in [9.17, 15) is 13.2 Å². The molecule has 0 fully saturated rings. The van der Waals surface area contributed by atoms with Crippen LogP contribution in [0.3, 0.4) is 0 Å². The first-order valence-corrected chi connectivity index (χ1v) is 7.56. The molecule has 20 heavy (non-hydrogen) atoms. The molecule has 0 aliphatic rings. The van der Waals surface area contributed by atoms with Crippen LogP contribution in [-0.2, 0) is 10.0 Å². The summed E-state index contributed by atoms with van der Waals surface area (Å²) >= 11 is 0.731. The number of nitrogens with zero attached hydrogens (tertiary/aromatic N) is 1. The lowest BCUT2D eigenvalue weighted by Crippen LogP contribution is -2.15. The summed E-state index contributed by atoms with van der Waals surface area (Å²) in [5.41, 5.74) is 1.42. The molecule has 1 aromatic heterocycles. The predicted octanol–water partition coefficient (Wildman–Crippen LogP) is 1.62. The van der Waals surface area contributed by atoms with E-state index in [2.05, 4.69) is 15.6 Å². The summed E-state index contributed by atoms with van der Waals surface area (Å²) in [4.78, 5) is 14.4. The van der Waals surface area contributed by atoms with E-state index in [0.29, 0.717) is 5.56 Å². The van der Waals surface area contributed by atoms with Gasteiger partial charge in [-0.2, -0.15) is 0 Å². The number of benzene rings is 1. The highest BCUT2D eigenvalue weighted by atomic mass is 32.2. The number of aromatic nitrogens is 1. The Morgan fingerprint density at radius 2 is 2.20 bits per heavy atom. The molecule has 0 spiro atoms. The van der Waals surface area contributed by atoms with Gasteiger partial charge in [-0.05, 0) is 18.2 Å². The fraction of sp³-hybridized carbons (Fsp3) is 0. The zero-order valence-corrected chi connectivity index (χ0v) is 11.5. The molecule has 0 saturated heterocycles. The maximum absolute atomic E-state index is 12.1. The number of anilines is 1. The third kappa shape index (κ3) is 2.79. The number of thiazole rings is 1. The average molecular weight is 308 g/mol. The standard InChI is InChI=1S/C12H8N2O4S2/c1-2-8-4-3-5-9(6-8)14-20(17,18)12-10(11(15)16)13-7-19-12/h1,3-7,14H,(H,15,16). The first-order chi connectivity index (χ1) is 9.44. The summed E-state index contributed by atoms with van der Waals surface area (Å²) in [6.45, 7) is 0. The van der Waals surface area contributed by atoms with Crippen LogP contribution in [-0.4, -0.2) is 24.5 Å². The van der Waals surface area contributed by atoms with Gasteiger partial charge in [0.25, 0.3) is 10.0 Å². The van der Waals surface area contributed by atoms with Crippen molar-refractivity contribution >= 4 is 33.0 Å². The smallest absolute Gasteiger partial charge is 0.356 e. The fourth-order valence-electron chi connectivity index (χ4n) is 1.44. The van der Waals surface area contributed by atoms with Crippen molar-refractivity contribution in [2.45, 2.75) is 4.21 Å². The molecule has 0 bridgehead atoms. The number of hydrogen-bond acceptors (Lipinski definition) is 5. The van der Waals surface area contributed by atoms with Gasteiger partial charge in [-0.25, -0.2) is 18.2 Å². The van der Waals surface area contributed by atoms with E-state index in [4.69, 9.17) is 11.5 Å². The van der Waals surface area contributed by atoms with E-state index in [1.165, 1.54) is 12.1 Å². The Kier molecular flexibility index (Phi) is 3.74. The summed E-state index contributed by atoms with van der Waals surface area (Å²) in [5, 5.41) is 8.89. The molecule has 2 rings (SSSR count). The van der Waals surface area contributed by atoms with Gasteiger partial charge in [0.05, 0.1) is 11.2 Å². The number of carboxylic acid groups (broad SMARTS) is 1. The third-order valence-corrected chi connectivity index (χ3v) is 5.01. The normalized spacial score (nSPS) is 10.8. The van der Waals surface area contributed by atoms with Crippen molar-refractivity contribution in [2.24, 2.45) is 0 Å². The molecule has 6 nitrogen and oxygen atoms in total. The van der Waals surface area contributed by atoms with Crippen LogP contribution in [0.2, 0.25) is 0 Å². The first-order valence-electron chi connectivity index (χ1n) is 5.20. The minimum atomic E-state index is -4.01. The molecule has 1 aromatic carbocycles. The van der Waals surface area contributed by atoms with Gasteiger partial charge < -0.3 is 5.11 Å². The van der Waals surface area contributed by atoms with Crippen molar-refractivity contribution < 1.29 is 18.3 Å². The molecule has 2 aromatic rings. The summed E-state index contributed by atoms with van der Waals surface area (Å²) in [7, 11) is -4.01. The lowest BCUT2D eigenvalue weighted by Gasteiger charge is -2.07. The van der Waals surface area contributed by atoms with Gasteiger partial charge in [-0.15, -0.1) is 17.8 Å². The van der Waals surface area contributed by atoms with Crippen molar-refractivity contribution in [1.82, 2.24) is 4.98 Å². The molecule has 0 unspecified atom stereocenters. The monoisotopic (exact) mass is 308 g/mol. The Labute approximate surface area is 119 Å². The number of carboxylic acids is 1. The van der Waals surface area contributed by atoms with Crippen molar-refractivity contribution in [3.05, 3.63) is 41.0 Å². The van der Waals surface area contributed by atoms with E-state index < -0.39 is 21.7 Å². The summed E-state index contributed by atoms with van der Waals surface area (Å²) < 4.78 is 26.2. The second kappa shape index (κ2) is 5.32. The number of sulfonamides is 1. The third-order valence-electron chi connectivity index (χ3n) is 2.26. The topological polar surface area (TPSA) is 96.4 Å². The van der Waals surface area contributed by atoms with E-state index in [1.807, 2.05) is 0 Å². The number of rotatable bonds is 4. The van der Waals surface area contributed by atoms with Gasteiger partial charge in [0, 0.05) is 5.56 Å². The van der Waals surface area contributed by atoms with Crippen LogP contribution in [0, 0.1) is 12.3 Å². The van der Waals surface area contributed by atoms with Crippen LogP contribution in [0.1, 0.15) is 16.1 Å². The summed E-state index contributed by atoms with van der Waals surface area (Å²) in [5.74, 6) is 0.980. The zero-order valence-electron chi connectivity index (χ0n) is 9.90. The number of carbonyl (C=O) groups is 1. The SMILES string of the molecule is C#Cc1cccc(NS(=O)(=O)c2scnc2C(=O)O)c1. The molecular formula is C12H8N2O4S2. The van der Waals surface area contributed by atoms with Gasteiger partial charge in [-0.3, -0.25) is 4.72 Å². The van der Waals surface area contributed by atoms with Crippen LogP contribution in [0.15, 0.2) is 34.0 Å². The van der Waals surface area contributed by atoms with Gasteiger partial charge >= 0.3 is 5.97 Å². The molecule has 0 aliphatic carbocycles. The van der Waals surface area contributed by atoms with Crippen molar-refractivity contribution in [3.63, 3.8) is 0 Å². The van der Waals surface area contributed by atoms with E-state index in [0.717, 1.165) is 16.8 Å². The molecule has 0 atom stereocenters. The number of terminal acetylenes is 1. The minimum absolute atomic E-state index is 0.255. The van der Waals surface area contributed by atoms with Crippen molar-refractivity contribution in [3.8, 4) is 12.3 Å². The van der Waals surface area contributed by atoms with Crippen LogP contribution in [0.5, 0.6) is 0 Å². The van der Waals surface area contributed by atoms with Gasteiger partial charge in [0.15, 0.2) is 9.90 Å². The Bertz CT molecular complexity index is 803.